The normalized spacial score (nSPS) is 12.5. The zero-order valence-corrected chi connectivity index (χ0v) is 13.9. The van der Waals surface area contributed by atoms with E-state index in [2.05, 4.69) is 15.4 Å². The Morgan fingerprint density at radius 2 is 2.04 bits per heavy atom. The Kier molecular flexibility index (Phi) is 4.20. The molecule has 3 rings (SSSR count). The number of amides is 1. The summed E-state index contributed by atoms with van der Waals surface area (Å²) in [5.74, 6) is -0.0762. The fourth-order valence-corrected chi connectivity index (χ4v) is 2.75. The van der Waals surface area contributed by atoms with E-state index in [-0.39, 0.29) is 23.6 Å². The summed E-state index contributed by atoms with van der Waals surface area (Å²) < 4.78 is 1.58. The second kappa shape index (κ2) is 6.31. The molecule has 0 saturated heterocycles. The van der Waals surface area contributed by atoms with E-state index in [0.717, 1.165) is 5.39 Å². The summed E-state index contributed by atoms with van der Waals surface area (Å²) in [6.45, 7) is 3.98. The van der Waals surface area contributed by atoms with E-state index in [9.17, 15) is 9.90 Å². The second-order valence-electron chi connectivity index (χ2n) is 6.15. The first-order valence-electron chi connectivity index (χ1n) is 7.84. The molecule has 0 aliphatic heterocycles. The number of pyridine rings is 1. The van der Waals surface area contributed by atoms with Gasteiger partial charge in [0.05, 0.1) is 6.04 Å². The maximum absolute atomic E-state index is 12.4. The van der Waals surface area contributed by atoms with Gasteiger partial charge in [-0.1, -0.05) is 32.0 Å². The highest BCUT2D eigenvalue weighted by atomic mass is 16.3. The molecular weight excluding hydrogens is 304 g/mol. The van der Waals surface area contributed by atoms with E-state index in [1.165, 1.54) is 0 Å². The molecule has 0 saturated carbocycles. The van der Waals surface area contributed by atoms with E-state index in [1.54, 1.807) is 30.2 Å². The number of rotatable bonds is 4. The number of hydrogen-bond acceptors (Lipinski definition) is 4. The molecule has 2 N–H and O–H groups in total. The molecule has 24 heavy (non-hydrogen) atoms. The van der Waals surface area contributed by atoms with Gasteiger partial charge >= 0.3 is 0 Å². The van der Waals surface area contributed by atoms with Gasteiger partial charge in [0.1, 0.15) is 17.0 Å². The lowest BCUT2D eigenvalue weighted by molar-refractivity contribution is 0.0919. The van der Waals surface area contributed by atoms with Crippen LogP contribution >= 0.6 is 0 Å². The second-order valence-corrected chi connectivity index (χ2v) is 6.15. The number of fused-ring (bicyclic) bond motifs is 1. The third-order valence-corrected chi connectivity index (χ3v) is 4.01. The lowest BCUT2D eigenvalue weighted by Gasteiger charge is -2.23. The summed E-state index contributed by atoms with van der Waals surface area (Å²) in [5, 5.41) is 18.6. The summed E-state index contributed by atoms with van der Waals surface area (Å²) in [7, 11) is 1.76. The van der Waals surface area contributed by atoms with Crippen LogP contribution in [0.15, 0.2) is 42.7 Å². The Balaban J connectivity index is 1.96. The Morgan fingerprint density at radius 1 is 1.25 bits per heavy atom. The molecule has 3 aromatic rings. The number of carbonyl (C=O) groups is 1. The number of aryl methyl sites for hydroxylation is 1. The van der Waals surface area contributed by atoms with E-state index in [4.69, 9.17) is 0 Å². The molecule has 1 aromatic carbocycles. The van der Waals surface area contributed by atoms with Crippen molar-refractivity contribution in [2.45, 2.75) is 19.9 Å². The molecule has 0 spiro atoms. The van der Waals surface area contributed by atoms with Gasteiger partial charge in [0, 0.05) is 30.4 Å². The van der Waals surface area contributed by atoms with Crippen molar-refractivity contribution in [1.29, 1.82) is 0 Å². The van der Waals surface area contributed by atoms with Crippen LogP contribution in [-0.2, 0) is 7.05 Å². The van der Waals surface area contributed by atoms with Crippen molar-refractivity contribution in [3.8, 4) is 5.75 Å². The third kappa shape index (κ3) is 2.95. The van der Waals surface area contributed by atoms with Gasteiger partial charge in [-0.05, 0) is 18.1 Å². The molecule has 0 aliphatic rings. The molecule has 2 heterocycles. The van der Waals surface area contributed by atoms with Crippen molar-refractivity contribution < 1.29 is 9.90 Å². The molecule has 6 heteroatoms. The average molecular weight is 324 g/mol. The lowest BCUT2D eigenvalue weighted by atomic mass is 9.94. The first-order valence-corrected chi connectivity index (χ1v) is 7.84. The number of phenols is 1. The first kappa shape index (κ1) is 16.0. The van der Waals surface area contributed by atoms with Gasteiger partial charge in [-0.2, -0.15) is 5.10 Å². The average Bonchev–Trinajstić information content (AvgIpc) is 3.00. The van der Waals surface area contributed by atoms with Crippen molar-refractivity contribution in [1.82, 2.24) is 20.1 Å². The minimum Gasteiger partial charge on any atom is -0.505 e. The number of nitrogens with one attached hydrogen (secondary N) is 1. The number of aromatic hydroxyl groups is 1. The molecule has 0 fully saturated rings. The van der Waals surface area contributed by atoms with Crippen LogP contribution in [0.4, 0.5) is 0 Å². The first-order chi connectivity index (χ1) is 11.5. The molecule has 0 aliphatic carbocycles. The Hall–Kier alpha value is -2.89. The minimum absolute atomic E-state index is 0.0877. The van der Waals surface area contributed by atoms with Crippen LogP contribution in [-0.4, -0.2) is 25.8 Å². The number of hydrogen-bond donors (Lipinski definition) is 2. The molecule has 1 atom stereocenters. The number of carbonyl (C=O) groups excluding carboxylic acids is 1. The molecule has 1 unspecified atom stereocenters. The molecule has 0 bridgehead atoms. The van der Waals surface area contributed by atoms with Crippen LogP contribution < -0.4 is 5.32 Å². The van der Waals surface area contributed by atoms with Crippen LogP contribution in [0.1, 0.15) is 35.9 Å². The van der Waals surface area contributed by atoms with Gasteiger partial charge in [-0.3, -0.25) is 14.5 Å². The van der Waals surface area contributed by atoms with Gasteiger partial charge in [0.25, 0.3) is 5.91 Å². The fraction of sp³-hybridized carbons (Fsp3) is 0.278. The van der Waals surface area contributed by atoms with E-state index in [0.29, 0.717) is 16.8 Å². The van der Waals surface area contributed by atoms with Crippen LogP contribution in [0.2, 0.25) is 0 Å². The minimum atomic E-state index is -0.342. The van der Waals surface area contributed by atoms with Crippen molar-refractivity contribution in [2.75, 3.05) is 0 Å². The number of nitrogens with zero attached hydrogens (tertiary/aromatic N) is 3. The predicted octanol–water partition coefficient (Wildman–Crippen LogP) is 2.80. The third-order valence-electron chi connectivity index (χ3n) is 4.01. The van der Waals surface area contributed by atoms with Crippen molar-refractivity contribution in [3.63, 3.8) is 0 Å². The van der Waals surface area contributed by atoms with E-state index in [1.807, 2.05) is 38.1 Å². The molecular formula is C18H20N4O2. The molecule has 1 amide bonds. The van der Waals surface area contributed by atoms with Crippen LogP contribution in [0.5, 0.6) is 5.75 Å². The summed E-state index contributed by atoms with van der Waals surface area (Å²) in [5.41, 5.74) is 1.54. The Labute approximate surface area is 140 Å². The van der Waals surface area contributed by atoms with Crippen molar-refractivity contribution in [3.05, 3.63) is 54.0 Å². The maximum Gasteiger partial charge on any atom is 0.272 e. The molecule has 2 aromatic heterocycles. The van der Waals surface area contributed by atoms with E-state index >= 15 is 0 Å². The van der Waals surface area contributed by atoms with Gasteiger partial charge in [0.15, 0.2) is 0 Å². The fourth-order valence-electron chi connectivity index (χ4n) is 2.75. The Morgan fingerprint density at radius 3 is 2.71 bits per heavy atom. The van der Waals surface area contributed by atoms with E-state index < -0.39 is 0 Å². The summed E-state index contributed by atoms with van der Waals surface area (Å²) >= 11 is 0. The van der Waals surface area contributed by atoms with Crippen LogP contribution in [0, 0.1) is 5.92 Å². The van der Waals surface area contributed by atoms with Gasteiger partial charge in [-0.15, -0.1) is 0 Å². The number of aromatic nitrogens is 3. The predicted molar refractivity (Wildman–Crippen MR) is 91.7 cm³/mol. The topological polar surface area (TPSA) is 80.0 Å². The quantitative estimate of drug-likeness (QED) is 0.773. The zero-order valence-electron chi connectivity index (χ0n) is 13.9. The largest absolute Gasteiger partial charge is 0.505 e. The lowest BCUT2D eigenvalue weighted by Crippen LogP contribution is -2.32. The van der Waals surface area contributed by atoms with Gasteiger partial charge in [0.2, 0.25) is 0 Å². The Bertz CT molecular complexity index is 886. The highest BCUT2D eigenvalue weighted by molar-refractivity contribution is 5.93. The van der Waals surface area contributed by atoms with Gasteiger partial charge < -0.3 is 10.4 Å². The van der Waals surface area contributed by atoms with Crippen molar-refractivity contribution in [2.24, 2.45) is 13.0 Å². The van der Waals surface area contributed by atoms with Crippen LogP contribution in [0.25, 0.3) is 10.9 Å². The highest BCUT2D eigenvalue weighted by Crippen LogP contribution is 2.34. The van der Waals surface area contributed by atoms with Crippen LogP contribution in [0.3, 0.4) is 0 Å². The maximum atomic E-state index is 12.4. The standard InChI is InChI=1S/C18H20N4O2/c1-11(2)15(20-18(24)14-8-10-22(3)21-14)13-7-6-12-5-4-9-19-16(12)17(13)23/h4-11,15,23H,1-3H3,(H,20,24). The monoisotopic (exact) mass is 324 g/mol. The molecule has 0 radical (unpaired) electrons. The highest BCUT2D eigenvalue weighted by Gasteiger charge is 2.24. The molecule has 124 valence electrons. The smallest absolute Gasteiger partial charge is 0.272 e. The van der Waals surface area contributed by atoms with Crippen molar-refractivity contribution >= 4 is 16.8 Å². The number of phenolic OH excluding ortho intramolecular Hbond substituents is 1. The molecule has 6 nitrogen and oxygen atoms in total. The number of benzene rings is 1. The summed E-state index contributed by atoms with van der Waals surface area (Å²) in [4.78, 5) is 16.7. The summed E-state index contributed by atoms with van der Waals surface area (Å²) in [6, 6.07) is 8.77. The SMILES string of the molecule is CC(C)C(NC(=O)c1ccn(C)n1)c1ccc2cccnc2c1O. The van der Waals surface area contributed by atoms with Gasteiger partial charge in [-0.25, -0.2) is 0 Å². The zero-order chi connectivity index (χ0) is 17.3. The summed E-state index contributed by atoms with van der Waals surface area (Å²) in [6.07, 6.45) is 3.36.